The number of rotatable bonds is 8. The van der Waals surface area contributed by atoms with Crippen LogP contribution in [0.5, 0.6) is 0 Å². The summed E-state index contributed by atoms with van der Waals surface area (Å²) < 4.78 is 1.96. The van der Waals surface area contributed by atoms with Crippen LogP contribution in [0.15, 0.2) is 85.2 Å². The topological polar surface area (TPSA) is 99.5 Å². The van der Waals surface area contributed by atoms with Gasteiger partial charge in [0.2, 0.25) is 5.91 Å². The molecule has 39 heavy (non-hydrogen) atoms. The lowest BCUT2D eigenvalue weighted by Gasteiger charge is -2.29. The monoisotopic (exact) mass is 539 g/mol. The Hall–Kier alpha value is -4.50. The Labute approximate surface area is 232 Å². The molecule has 2 aromatic heterocycles. The van der Waals surface area contributed by atoms with Gasteiger partial charge < -0.3 is 25.2 Å². The van der Waals surface area contributed by atoms with Crippen LogP contribution in [0.3, 0.4) is 0 Å². The van der Waals surface area contributed by atoms with Gasteiger partial charge in [-0.15, -0.1) is 0 Å². The van der Waals surface area contributed by atoms with Crippen molar-refractivity contribution in [1.29, 1.82) is 0 Å². The summed E-state index contributed by atoms with van der Waals surface area (Å²) in [5.41, 5.74) is 5.52. The molecule has 1 aliphatic heterocycles. The second-order valence-corrected chi connectivity index (χ2v) is 9.98. The second-order valence-electron chi connectivity index (χ2n) is 9.60. The third-order valence-electron chi connectivity index (χ3n) is 6.90. The number of carbonyl (C=O) groups excluding carboxylic acids is 1. The number of nitrogens with zero attached hydrogens (tertiary/aromatic N) is 3. The quantitative estimate of drug-likeness (QED) is 0.265. The summed E-state index contributed by atoms with van der Waals surface area (Å²) >= 11 is 5.77. The van der Waals surface area contributed by atoms with Crippen LogP contribution in [0, 0.1) is 13.8 Å². The van der Waals surface area contributed by atoms with Gasteiger partial charge in [-0.3, -0.25) is 9.78 Å². The van der Waals surface area contributed by atoms with E-state index in [1.54, 1.807) is 24.4 Å². The summed E-state index contributed by atoms with van der Waals surface area (Å²) in [6.45, 7) is 4.35. The number of nitrogens with one attached hydrogen (secondary N) is 2. The van der Waals surface area contributed by atoms with Crippen molar-refractivity contribution in [3.8, 4) is 5.69 Å². The number of aryl methyl sites for hydroxylation is 2. The average molecular weight is 540 g/mol. The van der Waals surface area contributed by atoms with Crippen LogP contribution < -0.4 is 10.6 Å². The van der Waals surface area contributed by atoms with Crippen LogP contribution in [-0.2, 0) is 4.79 Å². The first-order valence-electron chi connectivity index (χ1n) is 12.7. The van der Waals surface area contributed by atoms with Gasteiger partial charge in [0, 0.05) is 42.4 Å². The van der Waals surface area contributed by atoms with Gasteiger partial charge in [0.1, 0.15) is 0 Å². The molecule has 0 spiro atoms. The molecule has 198 valence electrons. The normalized spacial score (nSPS) is 16.7. The smallest absolute Gasteiger partial charge is 0.335 e. The number of pyridine rings is 1. The number of hydrogen-bond acceptors (Lipinski definition) is 4. The lowest BCUT2D eigenvalue weighted by atomic mass is 10.0. The molecule has 3 heterocycles. The molecule has 0 radical (unpaired) electrons. The van der Waals surface area contributed by atoms with Gasteiger partial charge in [-0.2, -0.15) is 0 Å². The molecule has 1 amide bonds. The number of benzene rings is 2. The maximum absolute atomic E-state index is 13.0. The van der Waals surface area contributed by atoms with Crippen LogP contribution in [-0.4, -0.2) is 43.1 Å². The van der Waals surface area contributed by atoms with Crippen LogP contribution >= 0.6 is 12.2 Å². The van der Waals surface area contributed by atoms with E-state index in [2.05, 4.69) is 15.6 Å². The van der Waals surface area contributed by atoms with Crippen molar-refractivity contribution in [2.45, 2.75) is 32.4 Å². The number of carboxylic acid groups (broad SMARTS) is 1. The van der Waals surface area contributed by atoms with Crippen molar-refractivity contribution in [3.63, 3.8) is 0 Å². The summed E-state index contributed by atoms with van der Waals surface area (Å²) in [5, 5.41) is 16.5. The average Bonchev–Trinajstić information content (AvgIpc) is 3.54. The third-order valence-corrected chi connectivity index (χ3v) is 7.25. The highest BCUT2D eigenvalue weighted by Crippen LogP contribution is 2.39. The van der Waals surface area contributed by atoms with E-state index in [9.17, 15) is 14.7 Å². The van der Waals surface area contributed by atoms with Crippen molar-refractivity contribution >= 4 is 34.9 Å². The fourth-order valence-electron chi connectivity index (χ4n) is 4.93. The number of aromatic carboxylic acids is 1. The fourth-order valence-corrected chi connectivity index (χ4v) is 5.26. The Kier molecular flexibility index (Phi) is 7.42. The Morgan fingerprint density at radius 2 is 1.90 bits per heavy atom. The molecule has 3 N–H and O–H groups in total. The number of thiocarbonyl (C=S) groups is 1. The third kappa shape index (κ3) is 5.53. The van der Waals surface area contributed by atoms with Crippen molar-refractivity contribution in [1.82, 2.24) is 19.8 Å². The van der Waals surface area contributed by atoms with Crippen LogP contribution in [0.1, 0.15) is 51.4 Å². The molecule has 0 aliphatic carbocycles. The molecule has 2 unspecified atom stereocenters. The number of anilines is 1. The van der Waals surface area contributed by atoms with E-state index >= 15 is 0 Å². The first kappa shape index (κ1) is 26.1. The van der Waals surface area contributed by atoms with E-state index < -0.39 is 5.97 Å². The van der Waals surface area contributed by atoms with E-state index in [4.69, 9.17) is 12.2 Å². The number of carbonyl (C=O) groups is 2. The molecular formula is C30H29N5O3S. The van der Waals surface area contributed by atoms with Gasteiger partial charge in [-0.05, 0) is 85.7 Å². The van der Waals surface area contributed by atoms with Gasteiger partial charge in [0.15, 0.2) is 5.11 Å². The zero-order valence-corrected chi connectivity index (χ0v) is 22.5. The number of carboxylic acids is 1. The highest BCUT2D eigenvalue weighted by molar-refractivity contribution is 7.80. The summed E-state index contributed by atoms with van der Waals surface area (Å²) in [4.78, 5) is 31.2. The standard InChI is InChI=1S/C30H29N5O3S/c1-19-11-12-20(2)24(17-19)32-26(36)13-16-35-28(27(33-30(35)39)23-9-3-4-14-31-23)25-10-6-15-34(25)22-8-5-7-21(18-22)29(37)38/h3-12,14-15,17-18,27-28H,13,16H2,1-2H3,(H,32,36)(H,33,39)(H,37,38). The summed E-state index contributed by atoms with van der Waals surface area (Å²) in [7, 11) is 0. The molecule has 9 heteroatoms. The minimum absolute atomic E-state index is 0.101. The van der Waals surface area contributed by atoms with Gasteiger partial charge in [-0.25, -0.2) is 4.79 Å². The zero-order valence-electron chi connectivity index (χ0n) is 21.7. The Morgan fingerprint density at radius 3 is 2.67 bits per heavy atom. The van der Waals surface area contributed by atoms with E-state index in [1.807, 2.05) is 84.1 Å². The zero-order chi connectivity index (χ0) is 27.5. The summed E-state index contributed by atoms with van der Waals surface area (Å²) in [6.07, 6.45) is 3.88. The maximum Gasteiger partial charge on any atom is 0.335 e. The lowest BCUT2D eigenvalue weighted by Crippen LogP contribution is -2.33. The van der Waals surface area contributed by atoms with E-state index in [1.165, 1.54) is 0 Å². The molecule has 0 saturated carbocycles. The Bertz CT molecular complexity index is 1530. The first-order chi connectivity index (χ1) is 18.8. The van der Waals surface area contributed by atoms with Crippen molar-refractivity contribution in [2.75, 3.05) is 11.9 Å². The van der Waals surface area contributed by atoms with Crippen molar-refractivity contribution in [2.24, 2.45) is 0 Å². The van der Waals surface area contributed by atoms with E-state index in [0.29, 0.717) is 11.7 Å². The largest absolute Gasteiger partial charge is 0.478 e. The van der Waals surface area contributed by atoms with E-state index in [-0.39, 0.29) is 30.0 Å². The number of aromatic nitrogens is 2. The minimum Gasteiger partial charge on any atom is -0.478 e. The minimum atomic E-state index is -0.989. The molecule has 2 aromatic carbocycles. The Balaban J connectivity index is 1.46. The van der Waals surface area contributed by atoms with Crippen molar-refractivity contribution < 1.29 is 14.7 Å². The molecular weight excluding hydrogens is 510 g/mol. The summed E-state index contributed by atoms with van der Waals surface area (Å²) in [5.74, 6) is -1.09. The fraction of sp³-hybridized carbons (Fsp3) is 0.200. The maximum atomic E-state index is 13.0. The van der Waals surface area contributed by atoms with Gasteiger partial charge >= 0.3 is 5.97 Å². The molecule has 1 aliphatic rings. The second kappa shape index (κ2) is 11.1. The molecule has 5 rings (SSSR count). The predicted molar refractivity (Wildman–Crippen MR) is 154 cm³/mol. The highest BCUT2D eigenvalue weighted by Gasteiger charge is 2.41. The molecule has 8 nitrogen and oxygen atoms in total. The highest BCUT2D eigenvalue weighted by atomic mass is 32.1. The lowest BCUT2D eigenvalue weighted by molar-refractivity contribution is -0.116. The number of hydrogen-bond donors (Lipinski definition) is 3. The molecule has 0 bridgehead atoms. The SMILES string of the molecule is Cc1ccc(C)c(NC(=O)CCN2C(=S)NC(c3ccccn3)C2c2cccn2-c2cccc(C(=O)O)c2)c1. The van der Waals surface area contributed by atoms with Gasteiger partial charge in [0.25, 0.3) is 0 Å². The summed E-state index contributed by atoms with van der Waals surface area (Å²) in [6, 6.07) is 21.9. The van der Waals surface area contributed by atoms with Crippen molar-refractivity contribution in [3.05, 3.63) is 113 Å². The molecule has 2 atom stereocenters. The van der Waals surface area contributed by atoms with Crippen LogP contribution in [0.25, 0.3) is 5.69 Å². The van der Waals surface area contributed by atoms with Crippen LogP contribution in [0.2, 0.25) is 0 Å². The Morgan fingerprint density at radius 1 is 1.05 bits per heavy atom. The molecule has 1 fully saturated rings. The first-order valence-corrected chi connectivity index (χ1v) is 13.1. The predicted octanol–water partition coefficient (Wildman–Crippen LogP) is 5.19. The van der Waals surface area contributed by atoms with Gasteiger partial charge in [0.05, 0.1) is 23.3 Å². The number of amides is 1. The van der Waals surface area contributed by atoms with E-state index in [0.717, 1.165) is 33.9 Å². The van der Waals surface area contributed by atoms with Crippen LogP contribution in [0.4, 0.5) is 5.69 Å². The van der Waals surface area contributed by atoms with Gasteiger partial charge in [-0.1, -0.05) is 24.3 Å². The molecule has 1 saturated heterocycles. The molecule has 4 aromatic rings.